The van der Waals surface area contributed by atoms with Gasteiger partial charge in [0.05, 0.1) is 0 Å². The van der Waals surface area contributed by atoms with Crippen molar-refractivity contribution >= 4 is 31.9 Å². The normalized spacial score (nSPS) is 17.5. The molecule has 16 heteroatoms. The highest BCUT2D eigenvalue weighted by Gasteiger charge is 2.89. The average Bonchev–Trinajstić information content (AvgIpc) is 2.35. The minimum absolute atomic E-state index is 0.659. The molecule has 0 spiro atoms. The molecule has 0 amide bonds. The van der Waals surface area contributed by atoms with Gasteiger partial charge in [0, 0.05) is 0 Å². The maximum absolute atomic E-state index is 13.2. The van der Waals surface area contributed by atoms with Crippen molar-refractivity contribution in [3.8, 4) is 0 Å². The highest BCUT2D eigenvalue weighted by Crippen LogP contribution is 2.63. The molecule has 0 aromatic heterocycles. The lowest BCUT2D eigenvalue weighted by Gasteiger charge is -2.40. The number of hydrogen-bond acceptors (Lipinski definition) is 0. The molecule has 0 saturated carbocycles. The molecule has 0 rings (SSSR count). The molecule has 144 valence electrons. The fraction of sp³-hybridized carbons (Fsp3) is 0.750. The SMILES string of the molecule is FC(F)=C(F)C(F)(F)C(F)(F)C(F)(F)C(F)(F)C(F)(Br)C(F)(F)Br. The van der Waals surface area contributed by atoms with Gasteiger partial charge in [-0.3, -0.25) is 0 Å². The van der Waals surface area contributed by atoms with Gasteiger partial charge in [0.25, 0.3) is 0 Å². The summed E-state index contributed by atoms with van der Waals surface area (Å²) in [4.78, 5) is -5.74. The lowest BCUT2D eigenvalue weighted by Crippen LogP contribution is -2.69. The minimum Gasteiger partial charge on any atom is -0.216 e. The Bertz CT molecular complexity index is 511. The number of alkyl halides is 13. The highest BCUT2D eigenvalue weighted by molar-refractivity contribution is 9.12. The van der Waals surface area contributed by atoms with E-state index in [1.165, 1.54) is 0 Å². The summed E-state index contributed by atoms with van der Waals surface area (Å²) in [5.41, 5.74) is 0. The molecule has 1 atom stereocenters. The van der Waals surface area contributed by atoms with Crippen molar-refractivity contribution in [1.29, 1.82) is 0 Å². The number of rotatable bonds is 6. The Balaban J connectivity index is 6.47. The van der Waals surface area contributed by atoms with E-state index in [1.807, 2.05) is 0 Å². The second kappa shape index (κ2) is 6.16. The second-order valence-corrected chi connectivity index (χ2v) is 6.03. The first-order valence-electron chi connectivity index (χ1n) is 4.77. The predicted molar refractivity (Wildman–Crippen MR) is 56.8 cm³/mol. The van der Waals surface area contributed by atoms with Crippen LogP contribution in [0.15, 0.2) is 11.9 Å². The summed E-state index contributed by atoms with van der Waals surface area (Å²) >= 11 is 1.45. The van der Waals surface area contributed by atoms with Crippen LogP contribution in [0.25, 0.3) is 0 Å². The van der Waals surface area contributed by atoms with Crippen molar-refractivity contribution in [2.24, 2.45) is 0 Å². The van der Waals surface area contributed by atoms with Crippen molar-refractivity contribution in [1.82, 2.24) is 0 Å². The van der Waals surface area contributed by atoms with E-state index in [2.05, 4.69) is 0 Å². The Morgan fingerprint density at radius 1 is 0.542 bits per heavy atom. The van der Waals surface area contributed by atoms with Crippen LogP contribution in [0.5, 0.6) is 0 Å². The van der Waals surface area contributed by atoms with Gasteiger partial charge in [0.2, 0.25) is 5.83 Å². The maximum Gasteiger partial charge on any atom is 0.385 e. The van der Waals surface area contributed by atoms with Crippen LogP contribution < -0.4 is 0 Å². The molecule has 0 nitrogen and oxygen atoms in total. The molecule has 0 aliphatic carbocycles. The van der Waals surface area contributed by atoms with Gasteiger partial charge in [0.1, 0.15) is 0 Å². The van der Waals surface area contributed by atoms with Crippen LogP contribution in [0.3, 0.4) is 0 Å². The van der Waals surface area contributed by atoms with Crippen molar-refractivity contribution in [2.75, 3.05) is 0 Å². The van der Waals surface area contributed by atoms with E-state index in [-0.39, 0.29) is 0 Å². The summed E-state index contributed by atoms with van der Waals surface area (Å²) in [6.07, 6.45) is -4.28. The fourth-order valence-electron chi connectivity index (χ4n) is 1.03. The van der Waals surface area contributed by atoms with Gasteiger partial charge in [-0.15, -0.1) is 0 Å². The van der Waals surface area contributed by atoms with Crippen LogP contribution in [0.1, 0.15) is 0 Å². The molecule has 0 saturated heterocycles. The third-order valence-corrected chi connectivity index (χ3v) is 4.45. The first-order valence-corrected chi connectivity index (χ1v) is 6.36. The van der Waals surface area contributed by atoms with Gasteiger partial charge in [-0.05, 0) is 31.9 Å². The van der Waals surface area contributed by atoms with Crippen LogP contribution in [-0.4, -0.2) is 33.1 Å². The Kier molecular flexibility index (Phi) is 6.09. The summed E-state index contributed by atoms with van der Waals surface area (Å²) in [6, 6.07) is 0. The first-order chi connectivity index (χ1) is 10.1. The molecule has 0 N–H and O–H groups in total. The lowest BCUT2D eigenvalue weighted by atomic mass is 9.95. The van der Waals surface area contributed by atoms with E-state index < -0.39 is 45.0 Å². The van der Waals surface area contributed by atoms with E-state index in [4.69, 9.17) is 0 Å². The molecular formula is C8Br2F14. The number of halogens is 16. The third kappa shape index (κ3) is 3.11. The number of hydrogen-bond donors (Lipinski definition) is 0. The quantitative estimate of drug-likeness (QED) is 0.271. The largest absolute Gasteiger partial charge is 0.385 e. The van der Waals surface area contributed by atoms with Crippen LogP contribution in [0.2, 0.25) is 0 Å². The third-order valence-electron chi connectivity index (χ3n) is 2.37. The van der Waals surface area contributed by atoms with Crippen molar-refractivity contribution in [3.63, 3.8) is 0 Å². The van der Waals surface area contributed by atoms with Gasteiger partial charge >= 0.3 is 39.2 Å². The molecular weight excluding hydrogens is 522 g/mol. The van der Waals surface area contributed by atoms with Crippen molar-refractivity contribution in [2.45, 2.75) is 33.1 Å². The summed E-state index contributed by atoms with van der Waals surface area (Å²) in [6.45, 7) is 0. The maximum atomic E-state index is 13.2. The first kappa shape index (κ1) is 23.7. The highest BCUT2D eigenvalue weighted by atomic mass is 79.9. The fourth-order valence-corrected chi connectivity index (χ4v) is 1.52. The van der Waals surface area contributed by atoms with E-state index in [9.17, 15) is 61.5 Å². The molecule has 1 unspecified atom stereocenters. The van der Waals surface area contributed by atoms with Crippen molar-refractivity contribution in [3.05, 3.63) is 11.9 Å². The van der Waals surface area contributed by atoms with Gasteiger partial charge in [-0.25, -0.2) is 4.39 Å². The van der Waals surface area contributed by atoms with Crippen LogP contribution >= 0.6 is 31.9 Å². The Labute approximate surface area is 139 Å². The van der Waals surface area contributed by atoms with Gasteiger partial charge in [-0.1, -0.05) is 0 Å². The van der Waals surface area contributed by atoms with E-state index in [0.29, 0.717) is 15.9 Å². The van der Waals surface area contributed by atoms with E-state index in [1.54, 1.807) is 0 Å². The summed E-state index contributed by atoms with van der Waals surface area (Å²) in [7, 11) is 0. The standard InChI is InChI=1S/C8Br2F14/c9-4(16,8(10,23)24)6(19,20)7(21,22)5(17,18)3(14,15)1(11)2(12)13. The molecule has 24 heavy (non-hydrogen) atoms. The molecule has 0 bridgehead atoms. The van der Waals surface area contributed by atoms with E-state index in [0.717, 1.165) is 15.9 Å². The molecule has 0 fully saturated rings. The lowest BCUT2D eigenvalue weighted by molar-refractivity contribution is -0.380. The molecule has 0 radical (unpaired) electrons. The summed E-state index contributed by atoms with van der Waals surface area (Å²) in [5, 5.41) is 0. The molecule has 0 aliphatic rings. The smallest absolute Gasteiger partial charge is 0.216 e. The van der Waals surface area contributed by atoms with Gasteiger partial charge < -0.3 is 0 Å². The zero-order chi connectivity index (χ0) is 20.2. The Hall–Kier alpha value is -0.280. The Morgan fingerprint density at radius 2 is 0.875 bits per heavy atom. The van der Waals surface area contributed by atoms with Gasteiger partial charge in [-0.2, -0.15) is 57.1 Å². The topological polar surface area (TPSA) is 0 Å². The molecule has 0 aromatic carbocycles. The van der Waals surface area contributed by atoms with Crippen LogP contribution in [0, 0.1) is 0 Å². The second-order valence-electron chi connectivity index (χ2n) is 3.94. The molecule has 0 aromatic rings. The average molecular weight is 522 g/mol. The predicted octanol–water partition coefficient (Wildman–Crippen LogP) is 6.65. The van der Waals surface area contributed by atoms with Crippen LogP contribution in [0.4, 0.5) is 61.5 Å². The van der Waals surface area contributed by atoms with Crippen molar-refractivity contribution < 1.29 is 61.5 Å². The molecule has 0 heterocycles. The van der Waals surface area contributed by atoms with E-state index >= 15 is 0 Å². The summed E-state index contributed by atoms with van der Waals surface area (Å²) in [5.74, 6) is -34.7. The van der Waals surface area contributed by atoms with Crippen LogP contribution in [-0.2, 0) is 0 Å². The zero-order valence-electron chi connectivity index (χ0n) is 10.0. The minimum atomic E-state index is -7.77. The zero-order valence-corrected chi connectivity index (χ0v) is 13.2. The monoisotopic (exact) mass is 520 g/mol. The Morgan fingerprint density at radius 3 is 1.12 bits per heavy atom. The summed E-state index contributed by atoms with van der Waals surface area (Å²) < 4.78 is 172. The number of allylic oxidation sites excluding steroid dienone is 1. The molecule has 0 aliphatic heterocycles. The van der Waals surface area contributed by atoms with Gasteiger partial charge in [0.15, 0.2) is 0 Å².